The van der Waals surface area contributed by atoms with E-state index in [2.05, 4.69) is 105 Å². The number of hydrogen-bond donors (Lipinski definition) is 0. The highest BCUT2D eigenvalue weighted by Crippen LogP contribution is 2.35. The average Bonchev–Trinajstić information content (AvgIpc) is 2.90. The first kappa shape index (κ1) is 25.1. The summed E-state index contributed by atoms with van der Waals surface area (Å²) in [6, 6.07) is 37.6. The molecule has 0 heterocycles. The summed E-state index contributed by atoms with van der Waals surface area (Å²) in [6.07, 6.45) is 0. The minimum atomic E-state index is -0.0665. The molecule has 4 aromatic rings. The van der Waals surface area contributed by atoms with Crippen LogP contribution in [0.5, 0.6) is 11.5 Å². The van der Waals surface area contributed by atoms with Crippen LogP contribution in [-0.2, 0) is 10.8 Å². The van der Waals surface area contributed by atoms with Crippen LogP contribution in [0.2, 0.25) is 0 Å². The lowest BCUT2D eigenvalue weighted by Gasteiger charge is -2.26. The third-order valence-corrected chi connectivity index (χ3v) is 7.81. The average molecular weight is 500 g/mol. The summed E-state index contributed by atoms with van der Waals surface area (Å²) >= 11 is 0. The molecule has 35 heavy (non-hydrogen) atoms. The molecule has 0 amide bonds. The zero-order valence-corrected chi connectivity index (χ0v) is 22.5. The normalized spacial score (nSPS) is 12.3. The van der Waals surface area contributed by atoms with Crippen molar-refractivity contribution in [2.45, 2.75) is 38.5 Å². The number of nitrogens with zero attached hydrogens (tertiary/aromatic N) is 1. The molecule has 1 unspecified atom stereocenters. The predicted octanol–water partition coefficient (Wildman–Crippen LogP) is 9.35. The van der Waals surface area contributed by atoms with Gasteiger partial charge in [-0.25, -0.2) is 0 Å². The molecule has 4 aromatic carbocycles. The molecule has 0 aromatic heterocycles. The molecule has 1 atom stereocenters. The number of rotatable bonds is 9. The van der Waals surface area contributed by atoms with E-state index in [-0.39, 0.29) is 19.8 Å². The Hall–Kier alpha value is -2.99. The van der Waals surface area contributed by atoms with Crippen LogP contribution >= 0.6 is 17.6 Å². The summed E-state index contributed by atoms with van der Waals surface area (Å²) in [4.78, 5) is 0. The van der Waals surface area contributed by atoms with E-state index in [1.165, 1.54) is 22.3 Å². The van der Waals surface area contributed by atoms with Gasteiger partial charge in [-0.05, 0) is 46.5 Å². The van der Waals surface area contributed by atoms with Gasteiger partial charge in [-0.15, -0.1) is 0 Å². The van der Waals surface area contributed by atoms with Crippen molar-refractivity contribution in [2.24, 2.45) is 4.52 Å². The van der Waals surface area contributed by atoms with Gasteiger partial charge in [-0.2, -0.15) is 4.52 Å². The van der Waals surface area contributed by atoms with Crippen LogP contribution in [0.25, 0.3) is 0 Å². The van der Waals surface area contributed by atoms with E-state index in [1.54, 1.807) is 0 Å². The molecule has 0 aliphatic carbocycles. The molecule has 0 saturated heterocycles. The van der Waals surface area contributed by atoms with Gasteiger partial charge >= 0.3 is 0 Å². The van der Waals surface area contributed by atoms with Gasteiger partial charge in [-0.1, -0.05) is 113 Å². The first-order chi connectivity index (χ1) is 16.9. The number of benzene rings is 4. The van der Waals surface area contributed by atoms with Crippen LogP contribution in [0.4, 0.5) is 0 Å². The third-order valence-electron chi connectivity index (χ3n) is 6.53. The van der Waals surface area contributed by atoms with Crippen molar-refractivity contribution in [3.05, 3.63) is 131 Å². The standard InChI is InChI=1S/C30H31NO2P2/c1-29(2,23-11-7-5-8-12-23)25-15-19-27(20-16-25)32-34-31-35-33-28-21-17-26(18-22-28)30(3,4)24-13-9-6-10-14-24/h5-22,34H,1-4H3. The largest absolute Gasteiger partial charge is 0.454 e. The van der Waals surface area contributed by atoms with E-state index in [1.807, 2.05) is 36.4 Å². The number of hydrogen-bond acceptors (Lipinski definition) is 3. The Kier molecular flexibility index (Phi) is 8.01. The van der Waals surface area contributed by atoms with Crippen LogP contribution in [0.15, 0.2) is 114 Å². The molecule has 0 aliphatic rings. The summed E-state index contributed by atoms with van der Waals surface area (Å²) in [5, 5.41) is 0. The second-order valence-corrected chi connectivity index (χ2v) is 11.0. The molecule has 5 heteroatoms. The molecular formula is C30H31NO2P2. The lowest BCUT2D eigenvalue weighted by atomic mass is 9.78. The molecule has 0 aliphatic heterocycles. The van der Waals surface area contributed by atoms with Crippen molar-refractivity contribution < 1.29 is 9.05 Å². The van der Waals surface area contributed by atoms with Gasteiger partial charge < -0.3 is 9.05 Å². The van der Waals surface area contributed by atoms with Gasteiger partial charge in [0.05, 0.1) is 0 Å². The third kappa shape index (κ3) is 6.17. The zero-order chi connectivity index (χ0) is 24.7. The van der Waals surface area contributed by atoms with E-state index in [9.17, 15) is 0 Å². The van der Waals surface area contributed by atoms with Crippen molar-refractivity contribution in [3.63, 3.8) is 0 Å². The minimum absolute atomic E-state index is 0.0250. The van der Waals surface area contributed by atoms with Crippen LogP contribution in [0.3, 0.4) is 0 Å². The zero-order valence-electron chi connectivity index (χ0n) is 20.6. The fourth-order valence-corrected chi connectivity index (χ4v) is 4.99. The Morgan fingerprint density at radius 3 is 1.40 bits per heavy atom. The molecule has 3 nitrogen and oxygen atoms in total. The van der Waals surface area contributed by atoms with Crippen LogP contribution in [-0.4, -0.2) is 0 Å². The maximum atomic E-state index is 5.80. The summed E-state index contributed by atoms with van der Waals surface area (Å²) in [6.45, 7) is 8.94. The Labute approximate surface area is 212 Å². The first-order valence-corrected chi connectivity index (χ1v) is 13.3. The van der Waals surface area contributed by atoms with Gasteiger partial charge in [0, 0.05) is 10.8 Å². The van der Waals surface area contributed by atoms with E-state index >= 15 is 0 Å². The highest BCUT2D eigenvalue weighted by atomic mass is 31.1. The lowest BCUT2D eigenvalue weighted by Crippen LogP contribution is -2.18. The highest BCUT2D eigenvalue weighted by molar-refractivity contribution is 7.39. The summed E-state index contributed by atoms with van der Waals surface area (Å²) in [7, 11) is 0.501. The van der Waals surface area contributed by atoms with E-state index in [4.69, 9.17) is 9.05 Å². The summed E-state index contributed by atoms with van der Waals surface area (Å²) in [5.74, 6) is 1.60. The monoisotopic (exact) mass is 499 g/mol. The second kappa shape index (κ2) is 11.2. The highest BCUT2D eigenvalue weighted by Gasteiger charge is 2.23. The predicted molar refractivity (Wildman–Crippen MR) is 149 cm³/mol. The Morgan fingerprint density at radius 2 is 0.943 bits per heavy atom. The molecule has 178 valence electrons. The van der Waals surface area contributed by atoms with Crippen molar-refractivity contribution in [3.8, 4) is 11.5 Å². The molecular weight excluding hydrogens is 468 g/mol. The van der Waals surface area contributed by atoms with Crippen molar-refractivity contribution >= 4 is 17.6 Å². The van der Waals surface area contributed by atoms with Crippen molar-refractivity contribution in [1.82, 2.24) is 0 Å². The Balaban J connectivity index is 1.28. The van der Waals surface area contributed by atoms with E-state index < -0.39 is 0 Å². The molecule has 0 N–H and O–H groups in total. The van der Waals surface area contributed by atoms with Gasteiger partial charge in [0.15, 0.2) is 0 Å². The summed E-state index contributed by atoms with van der Waals surface area (Å²) < 4.78 is 15.9. The maximum Gasteiger partial charge on any atom is 0.249 e. The first-order valence-electron chi connectivity index (χ1n) is 11.7. The minimum Gasteiger partial charge on any atom is -0.454 e. The SMILES string of the molecule is CC(C)(c1ccccc1)c1ccc(OP=NPOc2ccc(C(C)(C)c3ccccc3)cc2)cc1. The fourth-order valence-electron chi connectivity index (χ4n) is 4.07. The Bertz CT molecular complexity index is 1240. The van der Waals surface area contributed by atoms with Crippen LogP contribution < -0.4 is 9.05 Å². The smallest absolute Gasteiger partial charge is 0.249 e. The molecule has 0 spiro atoms. The Morgan fingerprint density at radius 1 is 0.543 bits per heavy atom. The van der Waals surface area contributed by atoms with Crippen molar-refractivity contribution in [2.75, 3.05) is 0 Å². The van der Waals surface area contributed by atoms with Crippen LogP contribution in [0.1, 0.15) is 49.9 Å². The summed E-state index contributed by atoms with van der Waals surface area (Å²) in [5.41, 5.74) is 4.94. The molecule has 4 rings (SSSR count). The van der Waals surface area contributed by atoms with Crippen LogP contribution in [0, 0.1) is 0 Å². The fraction of sp³-hybridized carbons (Fsp3) is 0.200. The quantitative estimate of drug-likeness (QED) is 0.215. The van der Waals surface area contributed by atoms with Crippen molar-refractivity contribution in [1.29, 1.82) is 0 Å². The van der Waals surface area contributed by atoms with Gasteiger partial charge in [0.1, 0.15) is 11.5 Å². The van der Waals surface area contributed by atoms with E-state index in [0.717, 1.165) is 11.5 Å². The maximum absolute atomic E-state index is 5.80. The topological polar surface area (TPSA) is 30.8 Å². The van der Waals surface area contributed by atoms with Gasteiger partial charge in [-0.3, -0.25) is 0 Å². The molecule has 0 saturated carbocycles. The molecule has 0 bridgehead atoms. The van der Waals surface area contributed by atoms with Gasteiger partial charge in [0.2, 0.25) is 17.6 Å². The van der Waals surface area contributed by atoms with E-state index in [0.29, 0.717) is 8.60 Å². The molecule has 0 radical (unpaired) electrons. The van der Waals surface area contributed by atoms with Gasteiger partial charge in [0.25, 0.3) is 0 Å². The second-order valence-electron chi connectivity index (χ2n) is 9.50. The lowest BCUT2D eigenvalue weighted by molar-refractivity contribution is 0.617. The molecule has 0 fully saturated rings.